The molecule has 0 radical (unpaired) electrons. The maximum atomic E-state index is 9.32. The second-order valence-corrected chi connectivity index (χ2v) is 4.87. The fourth-order valence-electron chi connectivity index (χ4n) is 2.52. The van der Waals surface area contributed by atoms with Crippen molar-refractivity contribution in [3.05, 3.63) is 0 Å². The maximum absolute atomic E-state index is 9.32. The molecule has 2 bridgehead atoms. The Balaban J connectivity index is 2.19. The smallest absolute Gasteiger partial charge is 0.0671 e. The van der Waals surface area contributed by atoms with Gasteiger partial charge in [0.15, 0.2) is 0 Å². The summed E-state index contributed by atoms with van der Waals surface area (Å²) in [4.78, 5) is 0. The molecule has 2 N–H and O–H groups in total. The van der Waals surface area contributed by atoms with Gasteiger partial charge in [0, 0.05) is 5.54 Å². The summed E-state index contributed by atoms with van der Waals surface area (Å²) < 4.78 is 5.59. The number of aliphatic hydroxyl groups is 1. The molecule has 13 heavy (non-hydrogen) atoms. The summed E-state index contributed by atoms with van der Waals surface area (Å²) in [5.41, 5.74) is -0.0104. The van der Waals surface area contributed by atoms with Crippen molar-refractivity contribution in [2.24, 2.45) is 5.92 Å². The SMILES string of the molecule is CC(C)C12CCC(CO)(COC1)N2. The molecule has 2 heterocycles. The lowest BCUT2D eigenvalue weighted by Crippen LogP contribution is -2.63. The van der Waals surface area contributed by atoms with Crippen LogP contribution in [0.15, 0.2) is 0 Å². The Hall–Kier alpha value is -0.120. The average Bonchev–Trinajstić information content (AvgIpc) is 2.41. The molecule has 2 saturated heterocycles. The van der Waals surface area contributed by atoms with Crippen LogP contribution in [0.5, 0.6) is 0 Å². The van der Waals surface area contributed by atoms with E-state index in [9.17, 15) is 5.11 Å². The van der Waals surface area contributed by atoms with Crippen LogP contribution in [0.2, 0.25) is 0 Å². The van der Waals surface area contributed by atoms with Crippen molar-refractivity contribution in [1.82, 2.24) is 5.32 Å². The van der Waals surface area contributed by atoms with Gasteiger partial charge in [-0.05, 0) is 18.8 Å². The van der Waals surface area contributed by atoms with Gasteiger partial charge in [-0.25, -0.2) is 0 Å². The Labute approximate surface area is 79.5 Å². The lowest BCUT2D eigenvalue weighted by molar-refractivity contribution is -0.0394. The molecule has 0 aliphatic carbocycles. The summed E-state index contributed by atoms with van der Waals surface area (Å²) in [6.45, 7) is 6.09. The van der Waals surface area contributed by atoms with Crippen LogP contribution in [-0.2, 0) is 4.74 Å². The Kier molecular flexibility index (Phi) is 2.13. The largest absolute Gasteiger partial charge is 0.394 e. The molecule has 2 rings (SSSR count). The lowest BCUT2D eigenvalue weighted by Gasteiger charge is -2.42. The highest BCUT2D eigenvalue weighted by molar-refractivity contribution is 5.10. The maximum Gasteiger partial charge on any atom is 0.0671 e. The summed E-state index contributed by atoms with van der Waals surface area (Å²) in [6, 6.07) is 0. The standard InChI is InChI=1S/C10H19NO2/c1-8(2)10-4-3-9(5-12,11-10)6-13-7-10/h8,11-12H,3-7H2,1-2H3. The Morgan fingerprint density at radius 2 is 2.15 bits per heavy atom. The summed E-state index contributed by atoms with van der Waals surface area (Å²) >= 11 is 0. The van der Waals surface area contributed by atoms with E-state index in [1.807, 2.05) is 0 Å². The molecule has 2 aliphatic heterocycles. The van der Waals surface area contributed by atoms with Crippen LogP contribution in [0.1, 0.15) is 26.7 Å². The molecule has 2 atom stereocenters. The third kappa shape index (κ3) is 1.30. The van der Waals surface area contributed by atoms with Crippen molar-refractivity contribution in [2.45, 2.75) is 37.8 Å². The van der Waals surface area contributed by atoms with Gasteiger partial charge in [-0.3, -0.25) is 5.32 Å². The molecule has 2 aliphatic rings. The van der Waals surface area contributed by atoms with Gasteiger partial charge in [0.2, 0.25) is 0 Å². The number of fused-ring (bicyclic) bond motifs is 2. The van der Waals surface area contributed by atoms with Crippen LogP contribution in [0.25, 0.3) is 0 Å². The van der Waals surface area contributed by atoms with Crippen LogP contribution < -0.4 is 5.32 Å². The van der Waals surface area contributed by atoms with E-state index in [2.05, 4.69) is 19.2 Å². The van der Waals surface area contributed by atoms with Gasteiger partial charge >= 0.3 is 0 Å². The first-order valence-electron chi connectivity index (χ1n) is 5.10. The first kappa shape index (κ1) is 9.44. The fraction of sp³-hybridized carbons (Fsp3) is 1.00. The van der Waals surface area contributed by atoms with E-state index in [0.717, 1.165) is 19.4 Å². The van der Waals surface area contributed by atoms with E-state index in [4.69, 9.17) is 4.74 Å². The average molecular weight is 185 g/mol. The van der Waals surface area contributed by atoms with Gasteiger partial charge in [-0.1, -0.05) is 13.8 Å². The molecule has 2 unspecified atom stereocenters. The third-order valence-corrected chi connectivity index (χ3v) is 3.71. The molecule has 0 amide bonds. The van der Waals surface area contributed by atoms with Crippen LogP contribution in [0.3, 0.4) is 0 Å². The van der Waals surface area contributed by atoms with Gasteiger partial charge in [0.1, 0.15) is 0 Å². The van der Waals surface area contributed by atoms with Gasteiger partial charge in [0.25, 0.3) is 0 Å². The van der Waals surface area contributed by atoms with E-state index < -0.39 is 0 Å². The minimum atomic E-state index is -0.136. The third-order valence-electron chi connectivity index (χ3n) is 3.71. The van der Waals surface area contributed by atoms with Gasteiger partial charge in [-0.2, -0.15) is 0 Å². The fourth-order valence-corrected chi connectivity index (χ4v) is 2.52. The second kappa shape index (κ2) is 2.94. The molecule has 3 heteroatoms. The highest BCUT2D eigenvalue weighted by Crippen LogP contribution is 2.39. The van der Waals surface area contributed by atoms with Crippen LogP contribution in [-0.4, -0.2) is 36.0 Å². The number of hydrogen-bond acceptors (Lipinski definition) is 3. The van der Waals surface area contributed by atoms with Crippen molar-refractivity contribution >= 4 is 0 Å². The van der Waals surface area contributed by atoms with Crippen molar-refractivity contribution in [1.29, 1.82) is 0 Å². The van der Waals surface area contributed by atoms with Crippen molar-refractivity contribution in [3.8, 4) is 0 Å². The minimum absolute atomic E-state index is 0.126. The van der Waals surface area contributed by atoms with Crippen molar-refractivity contribution in [2.75, 3.05) is 19.8 Å². The first-order chi connectivity index (χ1) is 6.13. The first-order valence-corrected chi connectivity index (χ1v) is 5.10. The summed E-state index contributed by atoms with van der Waals surface area (Å²) in [6.07, 6.45) is 2.17. The predicted octanol–water partition coefficient (Wildman–Crippen LogP) is 0.526. The van der Waals surface area contributed by atoms with Gasteiger partial charge < -0.3 is 9.84 Å². The van der Waals surface area contributed by atoms with E-state index in [-0.39, 0.29) is 17.7 Å². The zero-order valence-corrected chi connectivity index (χ0v) is 8.47. The van der Waals surface area contributed by atoms with Gasteiger partial charge in [-0.15, -0.1) is 0 Å². The van der Waals surface area contributed by atoms with Crippen LogP contribution >= 0.6 is 0 Å². The van der Waals surface area contributed by atoms with Crippen LogP contribution in [0, 0.1) is 5.92 Å². The number of morpholine rings is 1. The highest BCUT2D eigenvalue weighted by atomic mass is 16.5. The number of aliphatic hydroxyl groups excluding tert-OH is 1. The predicted molar refractivity (Wildman–Crippen MR) is 50.6 cm³/mol. The molecule has 3 nitrogen and oxygen atoms in total. The quantitative estimate of drug-likeness (QED) is 0.659. The summed E-state index contributed by atoms with van der Waals surface area (Å²) in [5.74, 6) is 0.571. The monoisotopic (exact) mass is 185 g/mol. The van der Waals surface area contributed by atoms with E-state index in [1.165, 1.54) is 0 Å². The molecule has 0 aromatic carbocycles. The molecule has 0 aromatic rings. The number of ether oxygens (including phenoxy) is 1. The molecule has 0 aromatic heterocycles. The molecular formula is C10H19NO2. The molecule has 0 saturated carbocycles. The minimum Gasteiger partial charge on any atom is -0.394 e. The second-order valence-electron chi connectivity index (χ2n) is 4.87. The van der Waals surface area contributed by atoms with Crippen LogP contribution in [0.4, 0.5) is 0 Å². The Bertz CT molecular complexity index is 207. The highest BCUT2D eigenvalue weighted by Gasteiger charge is 2.52. The topological polar surface area (TPSA) is 41.5 Å². The summed E-state index contributed by atoms with van der Waals surface area (Å²) in [7, 11) is 0. The molecule has 2 fully saturated rings. The van der Waals surface area contributed by atoms with E-state index >= 15 is 0 Å². The normalized spacial score (nSPS) is 44.3. The van der Waals surface area contributed by atoms with Crippen molar-refractivity contribution in [3.63, 3.8) is 0 Å². The number of hydrogen-bond donors (Lipinski definition) is 2. The Morgan fingerprint density at radius 1 is 1.38 bits per heavy atom. The van der Waals surface area contributed by atoms with Gasteiger partial charge in [0.05, 0.1) is 25.4 Å². The number of rotatable bonds is 2. The molecule has 0 spiro atoms. The summed E-state index contributed by atoms with van der Waals surface area (Å²) in [5, 5.41) is 12.9. The molecular weight excluding hydrogens is 166 g/mol. The zero-order valence-electron chi connectivity index (χ0n) is 8.47. The zero-order chi connectivity index (χ0) is 9.53. The molecule has 76 valence electrons. The van der Waals surface area contributed by atoms with E-state index in [0.29, 0.717) is 12.5 Å². The lowest BCUT2D eigenvalue weighted by atomic mass is 9.86. The van der Waals surface area contributed by atoms with E-state index in [1.54, 1.807) is 0 Å². The van der Waals surface area contributed by atoms with Crippen molar-refractivity contribution < 1.29 is 9.84 Å². The number of nitrogens with one attached hydrogen (secondary N) is 1. The Morgan fingerprint density at radius 3 is 2.77 bits per heavy atom.